The highest BCUT2D eigenvalue weighted by Gasteiger charge is 2.23. The van der Waals surface area contributed by atoms with Crippen LogP contribution in [0.2, 0.25) is 0 Å². The van der Waals surface area contributed by atoms with Gasteiger partial charge in [0.2, 0.25) is 5.91 Å². The fourth-order valence-electron chi connectivity index (χ4n) is 1.77. The number of esters is 1. The highest BCUT2D eigenvalue weighted by molar-refractivity contribution is 8.00. The van der Waals surface area contributed by atoms with Crippen molar-refractivity contribution in [3.8, 4) is 0 Å². The van der Waals surface area contributed by atoms with Crippen molar-refractivity contribution in [2.45, 2.75) is 44.1 Å². The van der Waals surface area contributed by atoms with Crippen LogP contribution in [0.5, 0.6) is 0 Å². The van der Waals surface area contributed by atoms with Crippen LogP contribution in [0.25, 0.3) is 0 Å². The summed E-state index contributed by atoms with van der Waals surface area (Å²) in [6.45, 7) is 7.84. The van der Waals surface area contributed by atoms with E-state index >= 15 is 0 Å². The number of likely N-dealkylation sites (N-methyl/N-ethyl adjacent to an activating group) is 1. The minimum Gasteiger partial charge on any atom is -0.449 e. The molecule has 1 aromatic rings. The van der Waals surface area contributed by atoms with Gasteiger partial charge >= 0.3 is 5.97 Å². The molecule has 0 aliphatic heterocycles. The van der Waals surface area contributed by atoms with E-state index in [4.69, 9.17) is 4.74 Å². The lowest BCUT2D eigenvalue weighted by molar-refractivity contribution is -0.129. The molecule has 1 heterocycles. The van der Waals surface area contributed by atoms with Gasteiger partial charge in [-0.05, 0) is 39.8 Å². The summed E-state index contributed by atoms with van der Waals surface area (Å²) in [7, 11) is 0. The van der Waals surface area contributed by atoms with Gasteiger partial charge in [0.1, 0.15) is 5.03 Å². The van der Waals surface area contributed by atoms with Crippen molar-refractivity contribution in [2.24, 2.45) is 0 Å². The molecule has 0 spiro atoms. The van der Waals surface area contributed by atoms with Gasteiger partial charge in [0.25, 0.3) is 5.91 Å². The highest BCUT2D eigenvalue weighted by Crippen LogP contribution is 2.25. The minimum absolute atomic E-state index is 0.136. The van der Waals surface area contributed by atoms with Gasteiger partial charge in [-0.2, -0.15) is 0 Å². The molecule has 0 saturated heterocycles. The Morgan fingerprint density at radius 1 is 1.17 bits per heavy atom. The van der Waals surface area contributed by atoms with Gasteiger partial charge in [-0.25, -0.2) is 9.78 Å². The Morgan fingerprint density at radius 3 is 2.42 bits per heavy atom. The summed E-state index contributed by atoms with van der Waals surface area (Å²) >= 11 is 1.17. The van der Waals surface area contributed by atoms with E-state index < -0.39 is 17.3 Å². The second-order valence-electron chi connectivity index (χ2n) is 4.95. The molecular formula is C16H23N3O4S. The minimum atomic E-state index is -0.906. The quantitative estimate of drug-likeness (QED) is 0.541. The molecule has 7 nitrogen and oxygen atoms in total. The van der Waals surface area contributed by atoms with Crippen molar-refractivity contribution in [2.75, 3.05) is 13.1 Å². The van der Waals surface area contributed by atoms with Crippen LogP contribution in [0.4, 0.5) is 0 Å². The van der Waals surface area contributed by atoms with E-state index in [9.17, 15) is 14.4 Å². The predicted octanol–water partition coefficient (Wildman–Crippen LogP) is 1.38. The smallest absolute Gasteiger partial charge is 0.341 e. The molecule has 0 saturated carbocycles. The molecule has 0 unspecified atom stereocenters. The maximum Gasteiger partial charge on any atom is 0.341 e. The average Bonchev–Trinajstić information content (AvgIpc) is 2.55. The number of nitrogens with one attached hydrogen (secondary N) is 2. The molecular weight excluding hydrogens is 330 g/mol. The number of nitrogens with zero attached hydrogens (tertiary/aromatic N) is 1. The van der Waals surface area contributed by atoms with E-state index in [0.29, 0.717) is 18.1 Å². The number of hydrogen-bond acceptors (Lipinski definition) is 6. The van der Waals surface area contributed by atoms with Gasteiger partial charge in [-0.15, -0.1) is 0 Å². The van der Waals surface area contributed by atoms with Crippen LogP contribution in [0.3, 0.4) is 0 Å². The summed E-state index contributed by atoms with van der Waals surface area (Å²) in [5.41, 5.74) is 0.231. The van der Waals surface area contributed by atoms with Crippen LogP contribution in [0, 0.1) is 0 Å². The van der Waals surface area contributed by atoms with Crippen molar-refractivity contribution in [3.05, 3.63) is 23.9 Å². The largest absolute Gasteiger partial charge is 0.449 e. The first-order valence-electron chi connectivity index (χ1n) is 7.78. The number of aromatic nitrogens is 1. The number of ether oxygens (including phenoxy) is 1. The van der Waals surface area contributed by atoms with E-state index in [0.717, 1.165) is 0 Å². The predicted molar refractivity (Wildman–Crippen MR) is 91.8 cm³/mol. The molecule has 1 aromatic heterocycles. The van der Waals surface area contributed by atoms with Crippen LogP contribution in [0.1, 0.15) is 38.1 Å². The lowest BCUT2D eigenvalue weighted by Gasteiger charge is -2.15. The Labute approximate surface area is 145 Å². The van der Waals surface area contributed by atoms with Gasteiger partial charge in [-0.3, -0.25) is 9.59 Å². The number of carbonyl (C=O) groups excluding carboxylic acids is 3. The highest BCUT2D eigenvalue weighted by atomic mass is 32.2. The number of thioether (sulfide) groups is 1. The first-order chi connectivity index (χ1) is 11.4. The van der Waals surface area contributed by atoms with Crippen LogP contribution >= 0.6 is 11.8 Å². The number of pyridine rings is 1. The second kappa shape index (κ2) is 9.92. The zero-order chi connectivity index (χ0) is 18.1. The Balaban J connectivity index is 2.83. The van der Waals surface area contributed by atoms with Crippen LogP contribution in [0.15, 0.2) is 23.4 Å². The van der Waals surface area contributed by atoms with Crippen molar-refractivity contribution in [3.63, 3.8) is 0 Å². The summed E-state index contributed by atoms with van der Waals surface area (Å²) in [6.07, 6.45) is 0.632. The standard InChI is InChI=1S/C16H23N3O4S/c1-5-17-13(20)10(3)23-16(22)12-8-7-9-19-15(12)24-11(4)14(21)18-6-2/h7-11H,5-6H2,1-4H3,(H,17,20)(H,18,21)/t10-,11+/m0/s1. The molecule has 2 N–H and O–H groups in total. The van der Waals surface area contributed by atoms with Crippen molar-refractivity contribution in [1.82, 2.24) is 15.6 Å². The normalized spacial score (nSPS) is 12.8. The third-order valence-corrected chi connectivity index (χ3v) is 4.12. The molecule has 1 rings (SSSR count). The number of amides is 2. The van der Waals surface area contributed by atoms with Gasteiger partial charge in [-0.1, -0.05) is 11.8 Å². The van der Waals surface area contributed by atoms with Gasteiger partial charge in [0.05, 0.1) is 10.8 Å². The van der Waals surface area contributed by atoms with Crippen molar-refractivity contribution < 1.29 is 19.1 Å². The molecule has 2 atom stereocenters. The average molecular weight is 353 g/mol. The zero-order valence-electron chi connectivity index (χ0n) is 14.3. The fraction of sp³-hybridized carbons (Fsp3) is 0.500. The van der Waals surface area contributed by atoms with Crippen LogP contribution in [-0.4, -0.2) is 47.2 Å². The maximum atomic E-state index is 12.3. The molecule has 24 heavy (non-hydrogen) atoms. The number of hydrogen-bond donors (Lipinski definition) is 2. The molecule has 0 aliphatic rings. The summed E-state index contributed by atoms with van der Waals surface area (Å²) in [6, 6.07) is 3.17. The SMILES string of the molecule is CCNC(=O)[C@H](C)OC(=O)c1cccnc1S[C@H](C)C(=O)NCC. The topological polar surface area (TPSA) is 97.4 Å². The van der Waals surface area contributed by atoms with Gasteiger partial charge < -0.3 is 15.4 Å². The Hall–Kier alpha value is -2.09. The molecule has 2 amide bonds. The van der Waals surface area contributed by atoms with Gasteiger partial charge in [0.15, 0.2) is 6.10 Å². The second-order valence-corrected chi connectivity index (χ2v) is 6.28. The molecule has 0 radical (unpaired) electrons. The van der Waals surface area contributed by atoms with E-state index in [1.54, 1.807) is 26.0 Å². The first-order valence-corrected chi connectivity index (χ1v) is 8.66. The van der Waals surface area contributed by atoms with E-state index in [1.807, 2.05) is 6.92 Å². The number of rotatable bonds is 8. The number of carbonyl (C=O) groups is 3. The molecule has 0 aliphatic carbocycles. The lowest BCUT2D eigenvalue weighted by atomic mass is 10.3. The molecule has 0 fully saturated rings. The van der Waals surface area contributed by atoms with Gasteiger partial charge in [0, 0.05) is 19.3 Å². The van der Waals surface area contributed by atoms with E-state index in [1.165, 1.54) is 24.9 Å². The summed E-state index contributed by atoms with van der Waals surface area (Å²) < 4.78 is 5.18. The Bertz CT molecular complexity index is 594. The molecule has 0 aromatic carbocycles. The van der Waals surface area contributed by atoms with Crippen LogP contribution < -0.4 is 10.6 Å². The summed E-state index contributed by atoms with van der Waals surface area (Å²) in [4.78, 5) is 40.0. The fourth-order valence-corrected chi connectivity index (χ4v) is 2.70. The monoisotopic (exact) mass is 353 g/mol. The van der Waals surface area contributed by atoms with Crippen molar-refractivity contribution in [1.29, 1.82) is 0 Å². The zero-order valence-corrected chi connectivity index (χ0v) is 15.1. The summed E-state index contributed by atoms with van der Waals surface area (Å²) in [5.74, 6) is -1.14. The van der Waals surface area contributed by atoms with E-state index in [2.05, 4.69) is 15.6 Å². The van der Waals surface area contributed by atoms with E-state index in [-0.39, 0.29) is 17.4 Å². The third-order valence-electron chi connectivity index (χ3n) is 3.00. The maximum absolute atomic E-state index is 12.3. The Kier molecular flexibility index (Phi) is 8.25. The third kappa shape index (κ3) is 5.84. The molecule has 132 valence electrons. The van der Waals surface area contributed by atoms with Crippen LogP contribution in [-0.2, 0) is 14.3 Å². The first kappa shape index (κ1) is 20.0. The Morgan fingerprint density at radius 2 is 1.79 bits per heavy atom. The molecule has 0 bridgehead atoms. The lowest BCUT2D eigenvalue weighted by Crippen LogP contribution is -2.35. The van der Waals surface area contributed by atoms with Crippen molar-refractivity contribution >= 4 is 29.5 Å². The molecule has 8 heteroatoms. The summed E-state index contributed by atoms with van der Waals surface area (Å²) in [5, 5.41) is 5.29.